The molecule has 0 amide bonds. The van der Waals surface area contributed by atoms with E-state index in [-0.39, 0.29) is 0 Å². The molecule has 8 heteroatoms. The maximum absolute atomic E-state index is 9.39. The Morgan fingerprint density at radius 3 is 2.05 bits per heavy atom. The van der Waals surface area contributed by atoms with Crippen molar-refractivity contribution in [1.29, 1.82) is 0 Å². The number of benzene rings is 2. The highest BCUT2D eigenvalue weighted by Crippen LogP contribution is 2.30. The van der Waals surface area contributed by atoms with E-state index >= 15 is 0 Å². The van der Waals surface area contributed by atoms with Gasteiger partial charge < -0.3 is 0 Å². The van der Waals surface area contributed by atoms with Crippen LogP contribution in [0.3, 0.4) is 0 Å². The predicted molar refractivity (Wildman–Crippen MR) is 76.5 cm³/mol. The van der Waals surface area contributed by atoms with E-state index in [1.54, 1.807) is 11.8 Å². The molecule has 2 N–H and O–H groups in total. The minimum atomic E-state index is -2.92. The second-order valence-corrected chi connectivity index (χ2v) is 5.75. The average Bonchev–Trinajstić information content (AvgIpc) is 2.37. The van der Waals surface area contributed by atoms with Crippen LogP contribution in [0.2, 0.25) is 0 Å². The molecule has 0 saturated heterocycles. The molecule has 2 aromatic carbocycles. The topological polar surface area (TPSA) is 83.8 Å². The molecule has 0 aliphatic carbocycles. The van der Waals surface area contributed by atoms with Crippen LogP contribution in [0.4, 0.5) is 0 Å². The van der Waals surface area contributed by atoms with Gasteiger partial charge in [0.15, 0.2) is 4.31 Å². The van der Waals surface area contributed by atoms with Gasteiger partial charge in [0.05, 0.1) is 0 Å². The molecule has 0 heterocycles. The normalized spacial score (nSPS) is 11.5. The fourth-order valence-corrected chi connectivity index (χ4v) is 2.28. The summed E-state index contributed by atoms with van der Waals surface area (Å²) >= 11 is 1.78. The monoisotopic (exact) mass is 318 g/mol. The number of thioether (sulfide) groups is 1. The first-order valence-electron chi connectivity index (χ1n) is 5.06. The quantitative estimate of drug-likeness (QED) is 0.660. The van der Waals surface area contributed by atoms with Crippen molar-refractivity contribution in [2.75, 3.05) is 6.26 Å². The molecular weight excluding hydrogens is 306 g/mol. The van der Waals surface area contributed by atoms with E-state index in [1.165, 1.54) is 15.7 Å². The Morgan fingerprint density at radius 1 is 1.00 bits per heavy atom. The Balaban J connectivity index is 0.000000224. The molecule has 2 unspecified atom stereocenters. The summed E-state index contributed by atoms with van der Waals surface area (Å²) in [4.78, 5) is 16.7. The highest BCUT2D eigenvalue weighted by atomic mass is 32.2. The van der Waals surface area contributed by atoms with Gasteiger partial charge in [-0.05, 0) is 29.2 Å². The number of rotatable bonds is 3. The van der Waals surface area contributed by atoms with E-state index in [0.717, 1.165) is 0 Å². The van der Waals surface area contributed by atoms with Gasteiger partial charge in [-0.3, -0.25) is 0 Å². The summed E-state index contributed by atoms with van der Waals surface area (Å²) in [6, 6.07) is 15.0. The zero-order valence-corrected chi connectivity index (χ0v) is 12.6. The van der Waals surface area contributed by atoms with Crippen molar-refractivity contribution < 1.29 is 23.2 Å². The molecule has 0 bridgehead atoms. The van der Waals surface area contributed by atoms with Crippen LogP contribution in [0.15, 0.2) is 47.4 Å². The van der Waals surface area contributed by atoms with E-state index in [1.807, 2.05) is 0 Å². The largest absolute Gasteiger partial charge is 0.745 e. The molecule has 5 nitrogen and oxygen atoms in total. The molecule has 2 atom stereocenters. The van der Waals surface area contributed by atoms with Crippen LogP contribution in [0.25, 0.3) is 10.8 Å². The Labute approximate surface area is 116 Å². The molecular formula is C11H12O5P2S+2. The summed E-state index contributed by atoms with van der Waals surface area (Å²) in [6.07, 6.45) is 2.10. The van der Waals surface area contributed by atoms with Gasteiger partial charge in [-0.2, -0.15) is 0 Å². The molecule has 2 aromatic rings. The van der Waals surface area contributed by atoms with Crippen molar-refractivity contribution in [2.24, 2.45) is 0 Å². The third-order valence-corrected chi connectivity index (χ3v) is 3.94. The summed E-state index contributed by atoms with van der Waals surface area (Å²) < 4.78 is 22.2. The van der Waals surface area contributed by atoms with Gasteiger partial charge in [-0.15, -0.1) is 21.5 Å². The van der Waals surface area contributed by atoms with Gasteiger partial charge in [-0.1, -0.05) is 30.3 Å². The number of fused-ring (bicyclic) bond motifs is 1. The van der Waals surface area contributed by atoms with Gasteiger partial charge in [0, 0.05) is 14.0 Å². The van der Waals surface area contributed by atoms with Crippen LogP contribution in [-0.2, 0) is 13.4 Å². The van der Waals surface area contributed by atoms with E-state index in [0.29, 0.717) is 0 Å². The summed E-state index contributed by atoms with van der Waals surface area (Å²) in [5.74, 6) is 0. The fraction of sp³-hybridized carbons (Fsp3) is 0.0909. The summed E-state index contributed by atoms with van der Waals surface area (Å²) in [7, 11) is -5.85. The first-order chi connectivity index (χ1) is 9.02. The Hall–Kier alpha value is -0.870. The van der Waals surface area contributed by atoms with Crippen molar-refractivity contribution in [3.63, 3.8) is 0 Å². The number of hydrogen-bond donors (Lipinski definition) is 2. The summed E-state index contributed by atoms with van der Waals surface area (Å²) in [5, 5.41) is 2.64. The van der Waals surface area contributed by atoms with Crippen molar-refractivity contribution in [2.45, 2.75) is 4.90 Å². The standard InChI is InChI=1S/C11H10S.O5P2/c1-12-11-7-6-9-4-2-3-5-10(9)8-11;1-6(2)5-7(3)4/h2-8H,1H3;/p+2. The number of hydrogen-bond acceptors (Lipinski definition) is 4. The maximum Gasteiger partial charge on any atom is 0.745 e. The lowest BCUT2D eigenvalue weighted by Gasteiger charge is -1.99. The minimum absolute atomic E-state index is 1.32. The smallest absolute Gasteiger partial charge is 0.131 e. The SMILES string of the molecule is CSc1ccc2ccccc2c1.O=[P+](O)O[P+](=O)O. The molecule has 0 aliphatic heterocycles. The zero-order chi connectivity index (χ0) is 14.3. The fourth-order valence-electron chi connectivity index (χ4n) is 1.35. The van der Waals surface area contributed by atoms with Crippen LogP contribution >= 0.6 is 28.3 Å². The first kappa shape index (κ1) is 16.2. The lowest BCUT2D eigenvalue weighted by molar-refractivity contribution is 0.371. The Bertz CT molecular complexity index is 578. The van der Waals surface area contributed by atoms with Gasteiger partial charge in [-0.25, -0.2) is 0 Å². The lowest BCUT2D eigenvalue weighted by Crippen LogP contribution is -1.72. The summed E-state index contributed by atoms with van der Waals surface area (Å²) in [5.41, 5.74) is 0. The van der Waals surface area contributed by atoms with Crippen molar-refractivity contribution in [1.82, 2.24) is 0 Å². The molecule has 2 rings (SSSR count). The summed E-state index contributed by atoms with van der Waals surface area (Å²) in [6.45, 7) is 0. The van der Waals surface area contributed by atoms with E-state index < -0.39 is 16.5 Å². The van der Waals surface area contributed by atoms with Gasteiger partial charge in [0.25, 0.3) is 0 Å². The van der Waals surface area contributed by atoms with Gasteiger partial charge >= 0.3 is 16.5 Å². The maximum atomic E-state index is 9.39. The minimum Gasteiger partial charge on any atom is -0.131 e. The van der Waals surface area contributed by atoms with Gasteiger partial charge in [0.2, 0.25) is 0 Å². The molecule has 0 saturated carbocycles. The van der Waals surface area contributed by atoms with Crippen LogP contribution in [-0.4, -0.2) is 16.0 Å². The Kier molecular flexibility index (Phi) is 7.10. The van der Waals surface area contributed by atoms with Crippen molar-refractivity contribution >= 4 is 39.0 Å². The molecule has 0 radical (unpaired) electrons. The second kappa shape index (κ2) is 8.33. The average molecular weight is 318 g/mol. The molecule has 0 spiro atoms. The molecule has 100 valence electrons. The van der Waals surface area contributed by atoms with E-state index in [4.69, 9.17) is 9.79 Å². The third kappa shape index (κ3) is 6.21. The van der Waals surface area contributed by atoms with Crippen LogP contribution in [0.5, 0.6) is 0 Å². The first-order valence-corrected chi connectivity index (χ1v) is 8.54. The predicted octanol–water partition coefficient (Wildman–Crippen LogP) is 3.86. The zero-order valence-electron chi connectivity index (χ0n) is 9.96. The Morgan fingerprint density at radius 2 is 1.58 bits per heavy atom. The lowest BCUT2D eigenvalue weighted by atomic mass is 10.1. The van der Waals surface area contributed by atoms with Crippen molar-refractivity contribution in [3.05, 3.63) is 42.5 Å². The van der Waals surface area contributed by atoms with Crippen molar-refractivity contribution in [3.8, 4) is 0 Å². The molecule has 0 aliphatic rings. The van der Waals surface area contributed by atoms with Crippen LogP contribution in [0.1, 0.15) is 0 Å². The third-order valence-electron chi connectivity index (χ3n) is 2.10. The molecule has 0 fully saturated rings. The molecule has 19 heavy (non-hydrogen) atoms. The molecule has 0 aromatic heterocycles. The highest BCUT2D eigenvalue weighted by molar-refractivity contribution is 7.98. The van der Waals surface area contributed by atoms with E-state index in [9.17, 15) is 9.13 Å². The van der Waals surface area contributed by atoms with Gasteiger partial charge in [0.1, 0.15) is 0 Å². The highest BCUT2D eigenvalue weighted by Gasteiger charge is 2.31. The van der Waals surface area contributed by atoms with Crippen LogP contribution < -0.4 is 0 Å². The second-order valence-electron chi connectivity index (χ2n) is 3.27. The van der Waals surface area contributed by atoms with Crippen LogP contribution in [0, 0.1) is 0 Å². The van der Waals surface area contributed by atoms with E-state index in [2.05, 4.69) is 53.0 Å².